The van der Waals surface area contributed by atoms with Gasteiger partial charge < -0.3 is 29.9 Å². The fraction of sp³-hybridized carbons (Fsp3) is 0.200. The first-order chi connectivity index (χ1) is 10.9. The first-order valence-electron chi connectivity index (χ1n) is 6.53. The molecule has 122 valence electrons. The molecule has 2 atom stereocenters. The summed E-state index contributed by atoms with van der Waals surface area (Å²) in [4.78, 5) is 21.4. The van der Waals surface area contributed by atoms with Gasteiger partial charge in [-0.05, 0) is 23.8 Å². The van der Waals surface area contributed by atoms with E-state index in [1.54, 1.807) is 24.3 Å². The van der Waals surface area contributed by atoms with Crippen LogP contribution in [0.5, 0.6) is 5.75 Å². The average molecular weight is 322 g/mol. The van der Waals surface area contributed by atoms with Crippen LogP contribution in [0.1, 0.15) is 5.56 Å². The zero-order chi connectivity index (χ0) is 17.0. The summed E-state index contributed by atoms with van der Waals surface area (Å²) in [6, 6.07) is 6.34. The Kier molecular flexibility index (Phi) is 4.87. The van der Waals surface area contributed by atoms with Crippen LogP contribution in [0.25, 0.3) is 6.08 Å². The van der Waals surface area contributed by atoms with E-state index in [0.717, 1.165) is 6.08 Å². The second-order valence-corrected chi connectivity index (χ2v) is 4.68. The van der Waals surface area contributed by atoms with Crippen molar-refractivity contribution in [2.75, 3.05) is 6.61 Å². The molecule has 0 bridgehead atoms. The molecule has 8 nitrogen and oxygen atoms in total. The number of aliphatic carboxylic acids is 1. The Labute approximate surface area is 130 Å². The van der Waals surface area contributed by atoms with Crippen LogP contribution in [-0.2, 0) is 14.3 Å². The number of ether oxygens (including phenoxy) is 2. The van der Waals surface area contributed by atoms with Gasteiger partial charge in [0.1, 0.15) is 18.5 Å². The Morgan fingerprint density at radius 3 is 2.48 bits per heavy atom. The largest absolute Gasteiger partial charge is 0.505 e. The van der Waals surface area contributed by atoms with Crippen molar-refractivity contribution >= 4 is 18.0 Å². The Balaban J connectivity index is 1.91. The number of cyclic esters (lactones) is 1. The molecule has 1 aromatic rings. The fourth-order valence-electron chi connectivity index (χ4n) is 1.84. The van der Waals surface area contributed by atoms with Crippen LogP contribution in [0.2, 0.25) is 0 Å². The minimum Gasteiger partial charge on any atom is -0.505 e. The molecule has 0 saturated heterocycles. The molecule has 0 fully saturated rings. The van der Waals surface area contributed by atoms with E-state index in [0.29, 0.717) is 11.3 Å². The van der Waals surface area contributed by atoms with Gasteiger partial charge in [0.25, 0.3) is 0 Å². The topological polar surface area (TPSA) is 134 Å². The van der Waals surface area contributed by atoms with Crippen molar-refractivity contribution in [1.82, 2.24) is 0 Å². The third kappa shape index (κ3) is 4.01. The highest BCUT2D eigenvalue weighted by Crippen LogP contribution is 2.22. The highest BCUT2D eigenvalue weighted by Gasteiger charge is 2.39. The Morgan fingerprint density at radius 2 is 1.96 bits per heavy atom. The van der Waals surface area contributed by atoms with E-state index in [1.165, 1.54) is 6.08 Å². The average Bonchev–Trinajstić information content (AvgIpc) is 2.79. The van der Waals surface area contributed by atoms with Gasteiger partial charge in [0.2, 0.25) is 5.76 Å². The molecule has 4 N–H and O–H groups in total. The van der Waals surface area contributed by atoms with Crippen molar-refractivity contribution in [2.24, 2.45) is 0 Å². The first-order valence-corrected chi connectivity index (χ1v) is 6.53. The van der Waals surface area contributed by atoms with Gasteiger partial charge >= 0.3 is 11.9 Å². The number of carboxylic acids is 1. The Bertz CT molecular complexity index is 659. The molecule has 0 unspecified atom stereocenters. The van der Waals surface area contributed by atoms with E-state index in [2.05, 4.69) is 4.74 Å². The van der Waals surface area contributed by atoms with Crippen molar-refractivity contribution in [1.29, 1.82) is 0 Å². The lowest BCUT2D eigenvalue weighted by atomic mass is 10.2. The molecule has 0 aromatic heterocycles. The van der Waals surface area contributed by atoms with Crippen LogP contribution in [0, 0.1) is 0 Å². The number of carbonyl (C=O) groups is 2. The van der Waals surface area contributed by atoms with E-state index < -0.39 is 35.7 Å². The highest BCUT2D eigenvalue weighted by atomic mass is 16.6. The van der Waals surface area contributed by atoms with Gasteiger partial charge in [0, 0.05) is 6.08 Å². The zero-order valence-electron chi connectivity index (χ0n) is 11.7. The number of rotatable bonds is 6. The minimum absolute atomic E-state index is 0.292. The summed E-state index contributed by atoms with van der Waals surface area (Å²) < 4.78 is 9.88. The number of hydrogen-bond donors (Lipinski definition) is 4. The molecule has 0 aliphatic carbocycles. The molecule has 2 rings (SSSR count). The second kappa shape index (κ2) is 6.84. The lowest BCUT2D eigenvalue weighted by Crippen LogP contribution is -2.33. The van der Waals surface area contributed by atoms with Crippen LogP contribution in [0.4, 0.5) is 0 Å². The van der Waals surface area contributed by atoms with Crippen LogP contribution < -0.4 is 4.74 Å². The van der Waals surface area contributed by atoms with E-state index in [9.17, 15) is 19.8 Å². The maximum atomic E-state index is 11.0. The molecule has 0 radical (unpaired) electrons. The van der Waals surface area contributed by atoms with Crippen LogP contribution in [0.3, 0.4) is 0 Å². The van der Waals surface area contributed by atoms with Gasteiger partial charge in [0.15, 0.2) is 11.9 Å². The van der Waals surface area contributed by atoms with E-state index in [1.807, 2.05) is 0 Å². The van der Waals surface area contributed by atoms with Crippen molar-refractivity contribution in [3.05, 3.63) is 47.4 Å². The molecular formula is C15H14O8. The van der Waals surface area contributed by atoms with Crippen LogP contribution in [-0.4, -0.2) is 51.2 Å². The number of esters is 1. The third-order valence-corrected chi connectivity index (χ3v) is 3.01. The SMILES string of the molecule is O=C(O)/C=C/c1ccc(OC[C@@H](O)[C@H]2OC(=O)C(O)=C2O)cc1. The van der Waals surface area contributed by atoms with E-state index in [4.69, 9.17) is 14.9 Å². The van der Waals surface area contributed by atoms with E-state index in [-0.39, 0.29) is 6.61 Å². The summed E-state index contributed by atoms with van der Waals surface area (Å²) in [5.74, 6) is -3.45. The lowest BCUT2D eigenvalue weighted by molar-refractivity contribution is -0.147. The van der Waals surface area contributed by atoms with Crippen LogP contribution >= 0.6 is 0 Å². The third-order valence-electron chi connectivity index (χ3n) is 3.01. The maximum absolute atomic E-state index is 11.0. The summed E-state index contributed by atoms with van der Waals surface area (Å²) in [6.07, 6.45) is -0.337. The summed E-state index contributed by atoms with van der Waals surface area (Å²) >= 11 is 0. The summed E-state index contributed by atoms with van der Waals surface area (Å²) in [6.45, 7) is -0.292. The predicted molar refractivity (Wildman–Crippen MR) is 76.8 cm³/mol. The van der Waals surface area contributed by atoms with Gasteiger partial charge in [-0.25, -0.2) is 9.59 Å². The summed E-state index contributed by atoms with van der Waals surface area (Å²) in [7, 11) is 0. The molecule has 8 heteroatoms. The Hall–Kier alpha value is -3.00. The summed E-state index contributed by atoms with van der Waals surface area (Å²) in [5.41, 5.74) is 0.649. The minimum atomic E-state index is -1.37. The molecular weight excluding hydrogens is 308 g/mol. The van der Waals surface area contributed by atoms with Gasteiger partial charge in [-0.2, -0.15) is 0 Å². The quantitative estimate of drug-likeness (QED) is 0.446. The fourth-order valence-corrected chi connectivity index (χ4v) is 1.84. The highest BCUT2D eigenvalue weighted by molar-refractivity contribution is 5.89. The van der Waals surface area contributed by atoms with E-state index >= 15 is 0 Å². The molecule has 1 aromatic carbocycles. The predicted octanol–water partition coefficient (Wildman–Crippen LogP) is 0.777. The normalized spacial score (nSPS) is 19.0. The molecule has 23 heavy (non-hydrogen) atoms. The molecule has 1 aliphatic rings. The van der Waals surface area contributed by atoms with Gasteiger partial charge in [-0.15, -0.1) is 0 Å². The molecule has 1 heterocycles. The molecule has 0 spiro atoms. The molecule has 1 aliphatic heterocycles. The van der Waals surface area contributed by atoms with Gasteiger partial charge in [-0.3, -0.25) is 0 Å². The number of benzene rings is 1. The van der Waals surface area contributed by atoms with Crippen molar-refractivity contribution in [2.45, 2.75) is 12.2 Å². The second-order valence-electron chi connectivity index (χ2n) is 4.68. The zero-order valence-corrected chi connectivity index (χ0v) is 11.7. The Morgan fingerprint density at radius 1 is 1.30 bits per heavy atom. The van der Waals surface area contributed by atoms with Crippen LogP contribution in [0.15, 0.2) is 41.9 Å². The number of carboxylic acid groups (broad SMARTS) is 1. The number of carbonyl (C=O) groups excluding carboxylic acids is 1. The van der Waals surface area contributed by atoms with Crippen molar-refractivity contribution < 1.29 is 39.5 Å². The smallest absolute Gasteiger partial charge is 0.377 e. The maximum Gasteiger partial charge on any atom is 0.377 e. The number of aliphatic hydroxyl groups excluding tert-OH is 3. The van der Waals surface area contributed by atoms with Crippen molar-refractivity contribution in [3.8, 4) is 5.75 Å². The lowest BCUT2D eigenvalue weighted by Gasteiger charge is -2.17. The molecule has 0 saturated carbocycles. The first kappa shape index (κ1) is 16.4. The van der Waals surface area contributed by atoms with Gasteiger partial charge in [0.05, 0.1) is 0 Å². The van der Waals surface area contributed by atoms with Gasteiger partial charge in [-0.1, -0.05) is 12.1 Å². The number of hydrogen-bond acceptors (Lipinski definition) is 7. The summed E-state index contributed by atoms with van der Waals surface area (Å²) in [5, 5.41) is 36.9. The number of aliphatic hydroxyl groups is 3. The molecule has 0 amide bonds. The monoisotopic (exact) mass is 322 g/mol. The van der Waals surface area contributed by atoms with Crippen molar-refractivity contribution in [3.63, 3.8) is 0 Å². The standard InChI is InChI=1S/C15H14O8/c16-10(14-12(19)13(20)15(21)23-14)7-22-9-4-1-8(2-5-9)3-6-11(17)18/h1-6,10,14,16,19-20H,7H2,(H,17,18)/b6-3+/t10-,14-/m1/s1.